The van der Waals surface area contributed by atoms with Gasteiger partial charge in [-0.1, -0.05) is 24.3 Å². The number of carboxylic acid groups (broad SMARTS) is 2. The van der Waals surface area contributed by atoms with Gasteiger partial charge >= 0.3 is 11.9 Å². The maximum absolute atomic E-state index is 11.7. The molecule has 1 aliphatic rings. The summed E-state index contributed by atoms with van der Waals surface area (Å²) in [5.74, 6) is -1.87. The van der Waals surface area contributed by atoms with Crippen LogP contribution in [0, 0.1) is 0 Å². The maximum atomic E-state index is 11.7. The third kappa shape index (κ3) is 3.17. The molecule has 0 aliphatic carbocycles. The van der Waals surface area contributed by atoms with Crippen molar-refractivity contribution in [1.29, 1.82) is 0 Å². The van der Waals surface area contributed by atoms with Gasteiger partial charge in [0.2, 0.25) is 0 Å². The molecule has 0 radical (unpaired) electrons. The molecule has 6 nitrogen and oxygen atoms in total. The molecule has 6 heteroatoms. The van der Waals surface area contributed by atoms with Crippen molar-refractivity contribution < 1.29 is 29.3 Å². The fourth-order valence-electron chi connectivity index (χ4n) is 2.75. The molecule has 2 aromatic carbocycles. The fraction of sp³-hybridized carbons (Fsp3) is 0.222. The molecule has 1 heterocycles. The van der Waals surface area contributed by atoms with E-state index in [0.29, 0.717) is 35.8 Å². The van der Waals surface area contributed by atoms with Gasteiger partial charge in [0.1, 0.15) is 13.2 Å². The van der Waals surface area contributed by atoms with Gasteiger partial charge < -0.3 is 19.7 Å². The summed E-state index contributed by atoms with van der Waals surface area (Å²) in [5, 5.41) is 18.9. The van der Waals surface area contributed by atoms with Crippen molar-refractivity contribution in [3.05, 3.63) is 59.2 Å². The predicted octanol–water partition coefficient (Wildman–Crippen LogP) is 2.57. The van der Waals surface area contributed by atoms with Crippen LogP contribution in [0.5, 0.6) is 11.5 Å². The van der Waals surface area contributed by atoms with Gasteiger partial charge in [0, 0.05) is 0 Å². The van der Waals surface area contributed by atoms with Gasteiger partial charge in [-0.05, 0) is 35.7 Å². The van der Waals surface area contributed by atoms with Gasteiger partial charge in [0.05, 0.1) is 11.5 Å². The van der Waals surface area contributed by atoms with Gasteiger partial charge in [0.25, 0.3) is 0 Å². The Morgan fingerprint density at radius 1 is 1.00 bits per heavy atom. The number of benzene rings is 2. The van der Waals surface area contributed by atoms with Gasteiger partial charge in [0.15, 0.2) is 11.5 Å². The largest absolute Gasteiger partial charge is 0.486 e. The summed E-state index contributed by atoms with van der Waals surface area (Å²) in [6, 6.07) is 11.4. The summed E-state index contributed by atoms with van der Waals surface area (Å²) in [5.41, 5.74) is 1.14. The van der Waals surface area contributed by atoms with E-state index in [1.54, 1.807) is 36.4 Å². The summed E-state index contributed by atoms with van der Waals surface area (Å²) in [6.45, 7) is 0.872. The second-order valence-electron chi connectivity index (χ2n) is 5.46. The summed E-state index contributed by atoms with van der Waals surface area (Å²) >= 11 is 0. The van der Waals surface area contributed by atoms with E-state index in [0.717, 1.165) is 0 Å². The SMILES string of the molecule is O=C(O)c1ccccc1CC(C(=O)O)c1ccc2c(c1)OCCO2. The first kappa shape index (κ1) is 15.9. The molecule has 2 aromatic rings. The van der Waals surface area contributed by atoms with Crippen LogP contribution in [0.4, 0.5) is 0 Å². The molecule has 0 saturated carbocycles. The van der Waals surface area contributed by atoms with E-state index in [9.17, 15) is 19.8 Å². The fourth-order valence-corrected chi connectivity index (χ4v) is 2.75. The van der Waals surface area contributed by atoms with Gasteiger partial charge in [-0.15, -0.1) is 0 Å². The smallest absolute Gasteiger partial charge is 0.335 e. The highest BCUT2D eigenvalue weighted by Crippen LogP contribution is 2.34. The minimum Gasteiger partial charge on any atom is -0.486 e. The maximum Gasteiger partial charge on any atom is 0.335 e. The monoisotopic (exact) mass is 328 g/mol. The van der Waals surface area contributed by atoms with Crippen LogP contribution in [0.2, 0.25) is 0 Å². The average molecular weight is 328 g/mol. The molecule has 2 N–H and O–H groups in total. The Kier molecular flexibility index (Phi) is 4.37. The van der Waals surface area contributed by atoms with Crippen LogP contribution in [-0.4, -0.2) is 35.4 Å². The van der Waals surface area contributed by atoms with E-state index >= 15 is 0 Å². The average Bonchev–Trinajstić information content (AvgIpc) is 2.59. The number of ether oxygens (including phenoxy) is 2. The Balaban J connectivity index is 1.94. The highest BCUT2D eigenvalue weighted by molar-refractivity contribution is 5.89. The van der Waals surface area contributed by atoms with E-state index in [2.05, 4.69) is 0 Å². The third-order valence-electron chi connectivity index (χ3n) is 3.94. The number of aliphatic carboxylic acids is 1. The highest BCUT2D eigenvalue weighted by atomic mass is 16.6. The first-order valence-corrected chi connectivity index (χ1v) is 7.50. The summed E-state index contributed by atoms with van der Waals surface area (Å²) in [6.07, 6.45) is 0.0808. The molecule has 0 amide bonds. The molecule has 3 rings (SSSR count). The van der Waals surface area contributed by atoms with Crippen LogP contribution < -0.4 is 9.47 Å². The van der Waals surface area contributed by atoms with E-state index in [4.69, 9.17) is 9.47 Å². The van der Waals surface area contributed by atoms with Crippen molar-refractivity contribution in [2.24, 2.45) is 0 Å². The number of carboxylic acids is 2. The minimum atomic E-state index is -1.07. The Morgan fingerprint density at radius 3 is 2.42 bits per heavy atom. The van der Waals surface area contributed by atoms with Crippen LogP contribution >= 0.6 is 0 Å². The molecule has 0 aromatic heterocycles. The van der Waals surface area contributed by atoms with Gasteiger partial charge in [-0.2, -0.15) is 0 Å². The molecular formula is C18H16O6. The van der Waals surface area contributed by atoms with E-state index in [-0.39, 0.29) is 12.0 Å². The van der Waals surface area contributed by atoms with Crippen LogP contribution in [-0.2, 0) is 11.2 Å². The Labute approximate surface area is 138 Å². The zero-order chi connectivity index (χ0) is 17.1. The molecule has 0 saturated heterocycles. The van der Waals surface area contributed by atoms with Crippen molar-refractivity contribution in [2.45, 2.75) is 12.3 Å². The lowest BCUT2D eigenvalue weighted by atomic mass is 9.89. The molecule has 0 spiro atoms. The molecule has 1 unspecified atom stereocenters. The van der Waals surface area contributed by atoms with Crippen molar-refractivity contribution in [3.63, 3.8) is 0 Å². The molecule has 1 aliphatic heterocycles. The van der Waals surface area contributed by atoms with E-state index in [1.165, 1.54) is 6.07 Å². The summed E-state index contributed by atoms with van der Waals surface area (Å²) < 4.78 is 10.9. The number of hydrogen-bond acceptors (Lipinski definition) is 4. The summed E-state index contributed by atoms with van der Waals surface area (Å²) in [4.78, 5) is 23.1. The normalized spacial score (nSPS) is 14.0. The third-order valence-corrected chi connectivity index (χ3v) is 3.94. The van der Waals surface area contributed by atoms with E-state index in [1.807, 2.05) is 0 Å². The number of hydrogen-bond donors (Lipinski definition) is 2. The minimum absolute atomic E-state index is 0.0808. The zero-order valence-electron chi connectivity index (χ0n) is 12.8. The molecule has 0 fully saturated rings. The topological polar surface area (TPSA) is 93.1 Å². The highest BCUT2D eigenvalue weighted by Gasteiger charge is 2.25. The van der Waals surface area contributed by atoms with Gasteiger partial charge in [-0.25, -0.2) is 4.79 Å². The van der Waals surface area contributed by atoms with Crippen LogP contribution in [0.25, 0.3) is 0 Å². The Morgan fingerprint density at radius 2 is 1.71 bits per heavy atom. The molecule has 24 heavy (non-hydrogen) atoms. The number of rotatable bonds is 5. The van der Waals surface area contributed by atoms with Crippen molar-refractivity contribution in [1.82, 2.24) is 0 Å². The Hall–Kier alpha value is -3.02. The lowest BCUT2D eigenvalue weighted by Gasteiger charge is -2.21. The van der Waals surface area contributed by atoms with Crippen molar-refractivity contribution in [2.75, 3.05) is 13.2 Å². The van der Waals surface area contributed by atoms with Gasteiger partial charge in [-0.3, -0.25) is 4.79 Å². The quantitative estimate of drug-likeness (QED) is 0.876. The lowest BCUT2D eigenvalue weighted by Crippen LogP contribution is -2.18. The van der Waals surface area contributed by atoms with Crippen molar-refractivity contribution >= 4 is 11.9 Å². The second-order valence-corrected chi connectivity index (χ2v) is 5.46. The number of fused-ring (bicyclic) bond motifs is 1. The molecule has 1 atom stereocenters. The van der Waals surface area contributed by atoms with Crippen LogP contribution in [0.3, 0.4) is 0 Å². The first-order chi connectivity index (χ1) is 11.6. The number of carbonyl (C=O) groups is 2. The zero-order valence-corrected chi connectivity index (χ0v) is 12.8. The first-order valence-electron chi connectivity index (χ1n) is 7.50. The Bertz CT molecular complexity index is 783. The molecule has 0 bridgehead atoms. The second kappa shape index (κ2) is 6.62. The lowest BCUT2D eigenvalue weighted by molar-refractivity contribution is -0.138. The number of aromatic carboxylic acids is 1. The molecular weight excluding hydrogens is 312 g/mol. The standard InChI is InChI=1S/C18H16O6/c19-17(20)13-4-2-1-3-11(13)9-14(18(21)22)12-5-6-15-16(10-12)24-8-7-23-15/h1-6,10,14H,7-9H2,(H,19,20)(H,21,22). The van der Waals surface area contributed by atoms with Crippen LogP contribution in [0.15, 0.2) is 42.5 Å². The predicted molar refractivity (Wildman–Crippen MR) is 84.9 cm³/mol. The van der Waals surface area contributed by atoms with Crippen LogP contribution in [0.1, 0.15) is 27.4 Å². The summed E-state index contributed by atoms with van der Waals surface area (Å²) in [7, 11) is 0. The van der Waals surface area contributed by atoms with Crippen molar-refractivity contribution in [3.8, 4) is 11.5 Å². The van der Waals surface area contributed by atoms with E-state index < -0.39 is 17.9 Å². The molecule has 124 valence electrons.